The van der Waals surface area contributed by atoms with Gasteiger partial charge in [-0.1, -0.05) is 0 Å². The number of halogens is 1. The van der Waals surface area contributed by atoms with E-state index >= 15 is 0 Å². The Bertz CT molecular complexity index is 406. The lowest BCUT2D eigenvalue weighted by atomic mass is 10.1. The summed E-state index contributed by atoms with van der Waals surface area (Å²) >= 11 is 0. The van der Waals surface area contributed by atoms with Crippen LogP contribution < -0.4 is 11.1 Å². The van der Waals surface area contributed by atoms with E-state index in [1.54, 1.807) is 0 Å². The third kappa shape index (κ3) is 3.97. The molecular weight excluding hydrogens is 239 g/mol. The van der Waals surface area contributed by atoms with Crippen molar-refractivity contribution in [2.24, 2.45) is 5.73 Å². The van der Waals surface area contributed by atoms with Gasteiger partial charge in [-0.2, -0.15) is 0 Å². The first kappa shape index (κ1) is 14.4. The maximum atomic E-state index is 13.4. The molecule has 0 aliphatic heterocycles. The number of phenolic OH excluding ortho intramolecular Hbond substituents is 1. The first-order valence-electron chi connectivity index (χ1n) is 5.57. The van der Waals surface area contributed by atoms with Gasteiger partial charge in [-0.3, -0.25) is 4.79 Å². The molecule has 0 saturated carbocycles. The van der Waals surface area contributed by atoms with Crippen molar-refractivity contribution in [2.45, 2.75) is 12.5 Å². The quantitative estimate of drug-likeness (QED) is 0.696. The van der Waals surface area contributed by atoms with E-state index in [2.05, 4.69) is 5.32 Å². The molecule has 1 aromatic rings. The van der Waals surface area contributed by atoms with Crippen LogP contribution in [0.15, 0.2) is 18.2 Å². The SMILES string of the molecule is COCC(CCN)NC(=O)c1ccc(O)cc1F. The molecule has 1 rings (SSSR count). The van der Waals surface area contributed by atoms with Crippen molar-refractivity contribution in [1.82, 2.24) is 5.32 Å². The topological polar surface area (TPSA) is 84.6 Å². The molecule has 18 heavy (non-hydrogen) atoms. The highest BCUT2D eigenvalue weighted by molar-refractivity contribution is 5.94. The highest BCUT2D eigenvalue weighted by Crippen LogP contribution is 2.15. The lowest BCUT2D eigenvalue weighted by Crippen LogP contribution is -2.39. The minimum absolute atomic E-state index is 0.120. The van der Waals surface area contributed by atoms with Gasteiger partial charge in [-0.15, -0.1) is 0 Å². The van der Waals surface area contributed by atoms with E-state index in [-0.39, 0.29) is 17.4 Å². The Hall–Kier alpha value is -1.66. The number of benzene rings is 1. The number of carbonyl (C=O) groups is 1. The fourth-order valence-corrected chi connectivity index (χ4v) is 1.55. The summed E-state index contributed by atoms with van der Waals surface area (Å²) in [6.07, 6.45) is 0.541. The molecule has 1 amide bonds. The molecule has 0 bridgehead atoms. The Kier molecular flexibility index (Phi) is 5.54. The average molecular weight is 256 g/mol. The zero-order valence-corrected chi connectivity index (χ0v) is 10.1. The summed E-state index contributed by atoms with van der Waals surface area (Å²) in [4.78, 5) is 11.8. The van der Waals surface area contributed by atoms with Gasteiger partial charge in [0.15, 0.2) is 0 Å². The minimum atomic E-state index is -0.767. The van der Waals surface area contributed by atoms with Crippen LogP contribution in [0.25, 0.3) is 0 Å². The van der Waals surface area contributed by atoms with Crippen LogP contribution in [0.4, 0.5) is 4.39 Å². The Balaban J connectivity index is 2.73. The molecule has 6 heteroatoms. The van der Waals surface area contributed by atoms with Crippen LogP contribution in [-0.2, 0) is 4.74 Å². The molecule has 0 spiro atoms. The molecule has 0 radical (unpaired) electrons. The summed E-state index contributed by atoms with van der Waals surface area (Å²) < 4.78 is 18.4. The fourth-order valence-electron chi connectivity index (χ4n) is 1.55. The maximum absolute atomic E-state index is 13.4. The Morgan fingerprint density at radius 2 is 2.33 bits per heavy atom. The maximum Gasteiger partial charge on any atom is 0.254 e. The molecule has 0 aromatic heterocycles. The molecule has 4 N–H and O–H groups in total. The second-order valence-corrected chi connectivity index (χ2v) is 3.87. The van der Waals surface area contributed by atoms with E-state index in [0.29, 0.717) is 19.6 Å². The van der Waals surface area contributed by atoms with E-state index in [1.807, 2.05) is 0 Å². The number of carbonyl (C=O) groups excluding carboxylic acids is 1. The van der Waals surface area contributed by atoms with Crippen LogP contribution >= 0.6 is 0 Å². The first-order chi connectivity index (χ1) is 8.58. The smallest absolute Gasteiger partial charge is 0.254 e. The van der Waals surface area contributed by atoms with Crippen LogP contribution in [0.2, 0.25) is 0 Å². The second kappa shape index (κ2) is 6.93. The molecule has 0 fully saturated rings. The molecule has 0 saturated heterocycles. The van der Waals surface area contributed by atoms with E-state index in [1.165, 1.54) is 19.2 Å². The van der Waals surface area contributed by atoms with E-state index < -0.39 is 11.7 Å². The standard InChI is InChI=1S/C12H17FN2O3/c1-18-7-8(4-5-14)15-12(17)10-3-2-9(16)6-11(10)13/h2-3,6,8,16H,4-5,7,14H2,1H3,(H,15,17). The number of aromatic hydroxyl groups is 1. The molecule has 0 aliphatic carbocycles. The number of nitrogens with one attached hydrogen (secondary N) is 1. The number of methoxy groups -OCH3 is 1. The van der Waals surface area contributed by atoms with Gasteiger partial charge in [-0.25, -0.2) is 4.39 Å². The number of ether oxygens (including phenoxy) is 1. The van der Waals surface area contributed by atoms with Crippen molar-refractivity contribution in [3.8, 4) is 5.75 Å². The zero-order chi connectivity index (χ0) is 13.5. The van der Waals surface area contributed by atoms with Gasteiger partial charge in [0.25, 0.3) is 5.91 Å². The number of phenols is 1. The predicted octanol–water partition coefficient (Wildman–Crippen LogP) is 0.625. The highest BCUT2D eigenvalue weighted by Gasteiger charge is 2.16. The van der Waals surface area contributed by atoms with Crippen molar-refractivity contribution in [3.05, 3.63) is 29.6 Å². The Labute approximate surface area is 105 Å². The third-order valence-electron chi connectivity index (χ3n) is 2.42. The van der Waals surface area contributed by atoms with E-state index in [0.717, 1.165) is 6.07 Å². The molecule has 0 heterocycles. The number of hydrogen-bond acceptors (Lipinski definition) is 4. The summed E-state index contributed by atoms with van der Waals surface area (Å²) in [5, 5.41) is 11.7. The fraction of sp³-hybridized carbons (Fsp3) is 0.417. The first-order valence-corrected chi connectivity index (χ1v) is 5.57. The van der Waals surface area contributed by atoms with Crippen molar-refractivity contribution < 1.29 is 19.0 Å². The van der Waals surface area contributed by atoms with Crippen LogP contribution in [0.5, 0.6) is 5.75 Å². The Morgan fingerprint density at radius 3 is 2.89 bits per heavy atom. The van der Waals surface area contributed by atoms with Gasteiger partial charge in [0, 0.05) is 13.2 Å². The van der Waals surface area contributed by atoms with Crippen LogP contribution in [0.1, 0.15) is 16.8 Å². The molecule has 100 valence electrons. The number of rotatable bonds is 6. The van der Waals surface area contributed by atoms with Crippen molar-refractivity contribution in [2.75, 3.05) is 20.3 Å². The van der Waals surface area contributed by atoms with Gasteiger partial charge >= 0.3 is 0 Å². The van der Waals surface area contributed by atoms with Crippen molar-refractivity contribution in [3.63, 3.8) is 0 Å². The average Bonchev–Trinajstić information content (AvgIpc) is 2.29. The molecule has 1 unspecified atom stereocenters. The second-order valence-electron chi connectivity index (χ2n) is 3.87. The van der Waals surface area contributed by atoms with Crippen LogP contribution in [0, 0.1) is 5.82 Å². The van der Waals surface area contributed by atoms with Crippen LogP contribution in [-0.4, -0.2) is 37.3 Å². The van der Waals surface area contributed by atoms with Crippen molar-refractivity contribution >= 4 is 5.91 Å². The summed E-state index contributed by atoms with van der Waals surface area (Å²) in [5.74, 6) is -1.54. The van der Waals surface area contributed by atoms with Gasteiger partial charge in [0.1, 0.15) is 11.6 Å². The van der Waals surface area contributed by atoms with Gasteiger partial charge in [0.05, 0.1) is 18.2 Å². The molecular formula is C12H17FN2O3. The van der Waals surface area contributed by atoms with Crippen LogP contribution in [0.3, 0.4) is 0 Å². The number of hydrogen-bond donors (Lipinski definition) is 3. The summed E-state index contributed by atoms with van der Waals surface area (Å²) in [5.41, 5.74) is 5.29. The summed E-state index contributed by atoms with van der Waals surface area (Å²) in [7, 11) is 1.51. The zero-order valence-electron chi connectivity index (χ0n) is 10.1. The number of nitrogens with two attached hydrogens (primary N) is 1. The lowest BCUT2D eigenvalue weighted by Gasteiger charge is -2.17. The molecule has 5 nitrogen and oxygen atoms in total. The predicted molar refractivity (Wildman–Crippen MR) is 64.9 cm³/mol. The lowest BCUT2D eigenvalue weighted by molar-refractivity contribution is 0.0889. The summed E-state index contributed by atoms with van der Waals surface area (Å²) in [6.45, 7) is 0.703. The van der Waals surface area contributed by atoms with E-state index in [4.69, 9.17) is 15.6 Å². The van der Waals surface area contributed by atoms with E-state index in [9.17, 15) is 9.18 Å². The normalized spacial score (nSPS) is 12.2. The largest absolute Gasteiger partial charge is 0.508 e. The Morgan fingerprint density at radius 1 is 1.61 bits per heavy atom. The van der Waals surface area contributed by atoms with Gasteiger partial charge < -0.3 is 20.9 Å². The molecule has 0 aliphatic rings. The minimum Gasteiger partial charge on any atom is -0.508 e. The molecule has 1 aromatic carbocycles. The van der Waals surface area contributed by atoms with Gasteiger partial charge in [-0.05, 0) is 25.1 Å². The monoisotopic (exact) mass is 256 g/mol. The van der Waals surface area contributed by atoms with Crippen molar-refractivity contribution in [1.29, 1.82) is 0 Å². The van der Waals surface area contributed by atoms with Gasteiger partial charge in [0.2, 0.25) is 0 Å². The highest BCUT2D eigenvalue weighted by atomic mass is 19.1. The third-order valence-corrected chi connectivity index (χ3v) is 2.42. The summed E-state index contributed by atoms with van der Waals surface area (Å²) in [6, 6.07) is 3.11. The molecule has 1 atom stereocenters. The number of amides is 1.